The van der Waals surface area contributed by atoms with Crippen LogP contribution in [0, 0.1) is 0 Å². The molecule has 22 heavy (non-hydrogen) atoms. The fraction of sp³-hybridized carbons (Fsp3) is 0.562. The summed E-state index contributed by atoms with van der Waals surface area (Å²) in [5.74, 6) is 1.50. The van der Waals surface area contributed by atoms with Crippen molar-refractivity contribution in [3.8, 4) is 0 Å². The minimum Gasteiger partial charge on any atom is -0.337 e. The predicted molar refractivity (Wildman–Crippen MR) is 84.6 cm³/mol. The molecule has 0 aromatic carbocycles. The van der Waals surface area contributed by atoms with Gasteiger partial charge in [0.25, 0.3) is 0 Å². The average Bonchev–Trinajstić information content (AvgIpc) is 3.19. The van der Waals surface area contributed by atoms with E-state index < -0.39 is 0 Å². The molecule has 0 spiro atoms. The highest BCUT2D eigenvalue weighted by atomic mass is 32.1. The third-order valence-electron chi connectivity index (χ3n) is 3.97. The first kappa shape index (κ1) is 15.2. The van der Waals surface area contributed by atoms with Crippen LogP contribution in [-0.4, -0.2) is 27.5 Å². The van der Waals surface area contributed by atoms with Crippen LogP contribution in [0.25, 0.3) is 0 Å². The summed E-state index contributed by atoms with van der Waals surface area (Å²) >= 11 is 1.62. The molecule has 0 aliphatic carbocycles. The predicted octanol–water partition coefficient (Wildman–Crippen LogP) is 3.38. The van der Waals surface area contributed by atoms with Crippen molar-refractivity contribution in [2.45, 2.75) is 51.5 Å². The Labute approximate surface area is 134 Å². The van der Waals surface area contributed by atoms with Crippen LogP contribution in [0.5, 0.6) is 0 Å². The van der Waals surface area contributed by atoms with E-state index in [1.165, 1.54) is 0 Å². The van der Waals surface area contributed by atoms with Gasteiger partial charge in [0.05, 0.1) is 6.42 Å². The SMILES string of the molecule is CCCc1noc(C2CCCCN2C(=O)Cc2cccs2)n1. The monoisotopic (exact) mass is 319 g/mol. The summed E-state index contributed by atoms with van der Waals surface area (Å²) in [5, 5.41) is 6.03. The van der Waals surface area contributed by atoms with Gasteiger partial charge >= 0.3 is 0 Å². The summed E-state index contributed by atoms with van der Waals surface area (Å²) < 4.78 is 5.42. The zero-order valence-electron chi connectivity index (χ0n) is 12.8. The van der Waals surface area contributed by atoms with Gasteiger partial charge in [-0.05, 0) is 37.1 Å². The number of thiophene rings is 1. The number of hydrogen-bond donors (Lipinski definition) is 0. The van der Waals surface area contributed by atoms with Gasteiger partial charge in [-0.2, -0.15) is 4.98 Å². The van der Waals surface area contributed by atoms with E-state index in [0.29, 0.717) is 12.3 Å². The third-order valence-corrected chi connectivity index (χ3v) is 4.85. The highest BCUT2D eigenvalue weighted by Crippen LogP contribution is 2.30. The summed E-state index contributed by atoms with van der Waals surface area (Å²) in [6.07, 6.45) is 5.32. The molecule has 1 aliphatic rings. The van der Waals surface area contributed by atoms with Gasteiger partial charge < -0.3 is 9.42 Å². The van der Waals surface area contributed by atoms with Crippen LogP contribution in [-0.2, 0) is 17.6 Å². The van der Waals surface area contributed by atoms with Gasteiger partial charge in [0.1, 0.15) is 6.04 Å². The molecule has 0 bridgehead atoms. The van der Waals surface area contributed by atoms with Crippen LogP contribution < -0.4 is 0 Å². The Bertz CT molecular complexity index is 609. The molecular weight excluding hydrogens is 298 g/mol. The van der Waals surface area contributed by atoms with Gasteiger partial charge in [-0.1, -0.05) is 18.1 Å². The van der Waals surface area contributed by atoms with E-state index in [4.69, 9.17) is 4.52 Å². The Morgan fingerprint density at radius 2 is 2.41 bits per heavy atom. The molecule has 1 aliphatic heterocycles. The Balaban J connectivity index is 1.73. The van der Waals surface area contributed by atoms with Gasteiger partial charge in [-0.25, -0.2) is 0 Å². The van der Waals surface area contributed by atoms with E-state index in [2.05, 4.69) is 17.1 Å². The Morgan fingerprint density at radius 1 is 1.50 bits per heavy atom. The molecule has 2 aromatic heterocycles. The summed E-state index contributed by atoms with van der Waals surface area (Å²) in [4.78, 5) is 20.1. The van der Waals surface area contributed by atoms with E-state index in [1.807, 2.05) is 22.4 Å². The normalized spacial score (nSPS) is 18.6. The second kappa shape index (κ2) is 7.05. The maximum absolute atomic E-state index is 12.6. The molecular formula is C16H21N3O2S. The molecule has 0 N–H and O–H groups in total. The quantitative estimate of drug-likeness (QED) is 0.847. The highest BCUT2D eigenvalue weighted by molar-refractivity contribution is 7.10. The standard InChI is InChI=1S/C16H21N3O2S/c1-2-6-14-17-16(21-18-14)13-8-3-4-9-19(13)15(20)11-12-7-5-10-22-12/h5,7,10,13H,2-4,6,8-9,11H2,1H3. The van der Waals surface area contributed by atoms with Crippen molar-refractivity contribution in [1.82, 2.24) is 15.0 Å². The molecule has 5 nitrogen and oxygen atoms in total. The molecule has 1 amide bonds. The first-order valence-electron chi connectivity index (χ1n) is 7.92. The van der Waals surface area contributed by atoms with Crippen LogP contribution in [0.15, 0.2) is 22.0 Å². The molecule has 0 saturated carbocycles. The fourth-order valence-electron chi connectivity index (χ4n) is 2.88. The number of aromatic nitrogens is 2. The van der Waals surface area contributed by atoms with Crippen molar-refractivity contribution in [2.75, 3.05) is 6.54 Å². The van der Waals surface area contributed by atoms with E-state index in [-0.39, 0.29) is 11.9 Å². The van der Waals surface area contributed by atoms with Crippen molar-refractivity contribution in [1.29, 1.82) is 0 Å². The Kier molecular flexibility index (Phi) is 4.87. The number of carbonyl (C=O) groups excluding carboxylic acids is 1. The summed E-state index contributed by atoms with van der Waals surface area (Å²) in [5.41, 5.74) is 0. The van der Waals surface area contributed by atoms with Crippen molar-refractivity contribution >= 4 is 17.2 Å². The highest BCUT2D eigenvalue weighted by Gasteiger charge is 2.32. The number of nitrogens with zero attached hydrogens (tertiary/aromatic N) is 3. The van der Waals surface area contributed by atoms with Crippen molar-refractivity contribution in [3.05, 3.63) is 34.1 Å². The number of amides is 1. The lowest BCUT2D eigenvalue weighted by molar-refractivity contribution is -0.134. The molecule has 2 aromatic rings. The maximum atomic E-state index is 12.6. The fourth-order valence-corrected chi connectivity index (χ4v) is 3.57. The summed E-state index contributed by atoms with van der Waals surface area (Å²) in [6.45, 7) is 2.87. The molecule has 0 radical (unpaired) electrons. The van der Waals surface area contributed by atoms with Crippen molar-refractivity contribution in [2.24, 2.45) is 0 Å². The molecule has 3 rings (SSSR count). The lowest BCUT2D eigenvalue weighted by Crippen LogP contribution is -2.39. The van der Waals surface area contributed by atoms with Gasteiger partial charge in [0.2, 0.25) is 11.8 Å². The number of carbonyl (C=O) groups is 1. The topological polar surface area (TPSA) is 59.2 Å². The molecule has 3 heterocycles. The molecule has 6 heteroatoms. The molecule has 1 fully saturated rings. The van der Waals surface area contributed by atoms with E-state index in [1.54, 1.807) is 11.3 Å². The van der Waals surface area contributed by atoms with E-state index in [9.17, 15) is 4.79 Å². The van der Waals surface area contributed by atoms with E-state index in [0.717, 1.165) is 49.4 Å². The number of rotatable bonds is 5. The zero-order chi connectivity index (χ0) is 15.4. The van der Waals surface area contributed by atoms with Crippen LogP contribution in [0.1, 0.15) is 55.2 Å². The van der Waals surface area contributed by atoms with Crippen LogP contribution in [0.2, 0.25) is 0 Å². The van der Waals surface area contributed by atoms with Crippen LogP contribution >= 0.6 is 11.3 Å². The number of piperidine rings is 1. The van der Waals surface area contributed by atoms with Gasteiger partial charge in [0.15, 0.2) is 5.82 Å². The van der Waals surface area contributed by atoms with Crippen LogP contribution in [0.3, 0.4) is 0 Å². The smallest absolute Gasteiger partial charge is 0.249 e. The number of hydrogen-bond acceptors (Lipinski definition) is 5. The lowest BCUT2D eigenvalue weighted by Gasteiger charge is -2.33. The zero-order valence-corrected chi connectivity index (χ0v) is 13.6. The maximum Gasteiger partial charge on any atom is 0.249 e. The first-order chi connectivity index (χ1) is 10.8. The number of likely N-dealkylation sites (tertiary alicyclic amines) is 1. The average molecular weight is 319 g/mol. The minimum absolute atomic E-state index is 0.0562. The first-order valence-corrected chi connectivity index (χ1v) is 8.80. The summed E-state index contributed by atoms with van der Waals surface area (Å²) in [6, 6.07) is 3.93. The largest absolute Gasteiger partial charge is 0.337 e. The Hall–Kier alpha value is -1.69. The Morgan fingerprint density at radius 3 is 3.18 bits per heavy atom. The minimum atomic E-state index is -0.0562. The molecule has 1 atom stereocenters. The molecule has 118 valence electrons. The van der Waals surface area contributed by atoms with Gasteiger partial charge in [0, 0.05) is 17.8 Å². The van der Waals surface area contributed by atoms with Crippen LogP contribution in [0.4, 0.5) is 0 Å². The summed E-state index contributed by atoms with van der Waals surface area (Å²) in [7, 11) is 0. The van der Waals surface area contributed by atoms with Crippen molar-refractivity contribution in [3.63, 3.8) is 0 Å². The molecule has 1 saturated heterocycles. The second-order valence-electron chi connectivity index (χ2n) is 5.65. The van der Waals surface area contributed by atoms with Gasteiger partial charge in [-0.15, -0.1) is 11.3 Å². The lowest BCUT2D eigenvalue weighted by atomic mass is 10.0. The number of aryl methyl sites for hydroxylation is 1. The van der Waals surface area contributed by atoms with Crippen molar-refractivity contribution < 1.29 is 9.32 Å². The third kappa shape index (κ3) is 3.38. The molecule has 1 unspecified atom stereocenters. The second-order valence-corrected chi connectivity index (χ2v) is 6.69. The van der Waals surface area contributed by atoms with Gasteiger partial charge in [-0.3, -0.25) is 4.79 Å². The van der Waals surface area contributed by atoms with E-state index >= 15 is 0 Å².